The van der Waals surface area contributed by atoms with Crippen molar-refractivity contribution in [1.29, 1.82) is 0 Å². The van der Waals surface area contributed by atoms with Gasteiger partial charge in [0.15, 0.2) is 17.6 Å². The molecule has 34 heavy (non-hydrogen) atoms. The van der Waals surface area contributed by atoms with E-state index < -0.39 is 18.0 Å². The van der Waals surface area contributed by atoms with E-state index >= 15 is 0 Å². The van der Waals surface area contributed by atoms with E-state index in [-0.39, 0.29) is 5.56 Å². The number of fused-ring (bicyclic) bond motifs is 1. The lowest BCUT2D eigenvalue weighted by atomic mass is 10.1. The molecule has 9 heteroatoms. The second kappa shape index (κ2) is 8.99. The quantitative estimate of drug-likeness (QED) is 0.366. The molecule has 1 unspecified atom stereocenters. The highest BCUT2D eigenvalue weighted by molar-refractivity contribution is 5.98. The Morgan fingerprint density at radius 1 is 0.882 bits per heavy atom. The number of ether oxygens (including phenoxy) is 1. The summed E-state index contributed by atoms with van der Waals surface area (Å²) in [6.45, 7) is 1.50. The molecule has 0 aliphatic heterocycles. The Morgan fingerprint density at radius 2 is 1.53 bits per heavy atom. The van der Waals surface area contributed by atoms with Crippen molar-refractivity contribution in [2.24, 2.45) is 0 Å². The molecule has 0 spiro atoms. The molecular formula is C25H18N4O5. The van der Waals surface area contributed by atoms with Crippen molar-refractivity contribution in [2.45, 2.75) is 13.0 Å². The molecule has 0 aliphatic rings. The molecule has 9 nitrogen and oxygen atoms in total. The van der Waals surface area contributed by atoms with Gasteiger partial charge in [0.05, 0.1) is 29.1 Å². The molecule has 0 fully saturated rings. The van der Waals surface area contributed by atoms with Gasteiger partial charge in [-0.15, -0.1) is 0 Å². The Hall–Kier alpha value is -4.79. The van der Waals surface area contributed by atoms with Crippen molar-refractivity contribution >= 4 is 28.6 Å². The van der Waals surface area contributed by atoms with Gasteiger partial charge in [0.25, 0.3) is 5.91 Å². The van der Waals surface area contributed by atoms with Crippen LogP contribution in [-0.4, -0.2) is 32.9 Å². The number of nitrogens with zero attached hydrogens (tertiary/aromatic N) is 3. The maximum Gasteiger partial charge on any atom is 0.338 e. The number of nitrogens with one attached hydrogen (secondary N) is 1. The molecule has 5 aromatic rings. The van der Waals surface area contributed by atoms with Gasteiger partial charge in [-0.1, -0.05) is 0 Å². The van der Waals surface area contributed by atoms with Gasteiger partial charge in [-0.2, -0.15) is 0 Å². The molecule has 4 aromatic heterocycles. The van der Waals surface area contributed by atoms with Crippen LogP contribution in [0.25, 0.3) is 33.9 Å². The summed E-state index contributed by atoms with van der Waals surface area (Å²) in [6, 6.07) is 15.2. The number of carbonyl (C=O) groups is 2. The standard InChI is InChI=1S/C25H18N4O5/c1-15(24(30)27-17-8-10-26-11-9-17)34-25(31)16-6-7-18-19(14-16)29-23(21-5-3-13-33-21)22(28-18)20-4-2-12-32-20/h2-15H,1H3,(H,26,27,30). The number of rotatable bonds is 6. The zero-order valence-corrected chi connectivity index (χ0v) is 18.0. The fraction of sp³-hybridized carbons (Fsp3) is 0.0800. The maximum absolute atomic E-state index is 12.7. The molecule has 5 rings (SSSR count). The molecule has 1 aromatic carbocycles. The number of aromatic nitrogens is 3. The van der Waals surface area contributed by atoms with Crippen molar-refractivity contribution in [1.82, 2.24) is 15.0 Å². The maximum atomic E-state index is 12.7. The molecule has 0 radical (unpaired) electrons. The molecule has 0 saturated heterocycles. The molecule has 0 bridgehead atoms. The summed E-state index contributed by atoms with van der Waals surface area (Å²) < 4.78 is 16.4. The van der Waals surface area contributed by atoms with Crippen molar-refractivity contribution < 1.29 is 23.2 Å². The predicted octanol–water partition coefficient (Wildman–Crippen LogP) is 4.73. The van der Waals surface area contributed by atoms with Crippen LogP contribution in [0.3, 0.4) is 0 Å². The van der Waals surface area contributed by atoms with E-state index in [2.05, 4.69) is 20.3 Å². The number of carbonyl (C=O) groups excluding carboxylic acids is 2. The lowest BCUT2D eigenvalue weighted by molar-refractivity contribution is -0.123. The minimum absolute atomic E-state index is 0.238. The minimum Gasteiger partial charge on any atom is -0.463 e. The van der Waals surface area contributed by atoms with Crippen LogP contribution in [0.2, 0.25) is 0 Å². The van der Waals surface area contributed by atoms with Crippen LogP contribution in [0, 0.1) is 0 Å². The molecule has 168 valence electrons. The molecule has 0 aliphatic carbocycles. The highest BCUT2D eigenvalue weighted by Crippen LogP contribution is 2.31. The van der Waals surface area contributed by atoms with Crippen LogP contribution in [0.1, 0.15) is 17.3 Å². The first-order valence-electron chi connectivity index (χ1n) is 10.4. The van der Waals surface area contributed by atoms with Gasteiger partial charge in [0.2, 0.25) is 0 Å². The van der Waals surface area contributed by atoms with Crippen molar-refractivity contribution in [3.8, 4) is 22.9 Å². The minimum atomic E-state index is -1.01. The Bertz CT molecular complexity index is 1450. The zero-order valence-electron chi connectivity index (χ0n) is 18.0. The summed E-state index contributed by atoms with van der Waals surface area (Å²) in [5.74, 6) is -0.0624. The van der Waals surface area contributed by atoms with E-state index in [4.69, 9.17) is 13.6 Å². The molecular weight excluding hydrogens is 436 g/mol. The van der Waals surface area contributed by atoms with E-state index in [1.54, 1.807) is 79.5 Å². The number of amides is 1. The largest absolute Gasteiger partial charge is 0.463 e. The van der Waals surface area contributed by atoms with Gasteiger partial charge in [-0.25, -0.2) is 14.8 Å². The van der Waals surface area contributed by atoms with Crippen molar-refractivity contribution in [3.05, 3.63) is 85.1 Å². The average molecular weight is 454 g/mol. The van der Waals surface area contributed by atoms with Crippen LogP contribution < -0.4 is 5.32 Å². The summed E-state index contributed by atoms with van der Waals surface area (Å²) in [6.07, 6.45) is 5.19. The van der Waals surface area contributed by atoms with Gasteiger partial charge in [-0.3, -0.25) is 9.78 Å². The topological polar surface area (TPSA) is 120 Å². The van der Waals surface area contributed by atoms with Gasteiger partial charge in [-0.05, 0) is 61.5 Å². The number of hydrogen-bond acceptors (Lipinski definition) is 8. The number of esters is 1. The number of hydrogen-bond donors (Lipinski definition) is 1. The Labute approximate surface area is 193 Å². The Morgan fingerprint density at radius 3 is 2.15 bits per heavy atom. The first kappa shape index (κ1) is 21.1. The number of benzene rings is 1. The molecule has 1 N–H and O–H groups in total. The number of anilines is 1. The molecule has 1 atom stereocenters. The van der Waals surface area contributed by atoms with E-state index in [1.807, 2.05) is 0 Å². The Balaban J connectivity index is 1.41. The van der Waals surface area contributed by atoms with Crippen LogP contribution in [0.5, 0.6) is 0 Å². The zero-order chi connectivity index (χ0) is 23.5. The van der Waals surface area contributed by atoms with E-state index in [9.17, 15) is 9.59 Å². The smallest absolute Gasteiger partial charge is 0.338 e. The van der Waals surface area contributed by atoms with Gasteiger partial charge in [0.1, 0.15) is 11.4 Å². The monoisotopic (exact) mass is 454 g/mol. The second-order valence-corrected chi connectivity index (χ2v) is 7.35. The number of furan rings is 2. The Kier molecular flexibility index (Phi) is 5.57. The molecule has 0 saturated carbocycles. The van der Waals surface area contributed by atoms with Crippen LogP contribution >= 0.6 is 0 Å². The van der Waals surface area contributed by atoms with Crippen molar-refractivity contribution in [2.75, 3.05) is 5.32 Å². The van der Waals surface area contributed by atoms with E-state index in [0.29, 0.717) is 39.6 Å². The summed E-state index contributed by atoms with van der Waals surface area (Å²) in [7, 11) is 0. The van der Waals surface area contributed by atoms with E-state index in [0.717, 1.165) is 0 Å². The first-order chi connectivity index (χ1) is 16.6. The highest BCUT2D eigenvalue weighted by Gasteiger charge is 2.21. The summed E-state index contributed by atoms with van der Waals surface area (Å²) in [4.78, 5) is 38.3. The molecule has 4 heterocycles. The first-order valence-corrected chi connectivity index (χ1v) is 10.4. The van der Waals surface area contributed by atoms with Crippen LogP contribution in [0.15, 0.2) is 88.4 Å². The van der Waals surface area contributed by atoms with Crippen molar-refractivity contribution in [3.63, 3.8) is 0 Å². The third-order valence-electron chi connectivity index (χ3n) is 5.01. The third kappa shape index (κ3) is 4.26. The lowest BCUT2D eigenvalue weighted by Crippen LogP contribution is -2.30. The van der Waals surface area contributed by atoms with E-state index in [1.165, 1.54) is 6.92 Å². The fourth-order valence-electron chi connectivity index (χ4n) is 3.31. The molecule has 1 amide bonds. The van der Waals surface area contributed by atoms with Gasteiger partial charge >= 0.3 is 5.97 Å². The van der Waals surface area contributed by atoms with Crippen LogP contribution in [0.4, 0.5) is 5.69 Å². The summed E-state index contributed by atoms with van der Waals surface area (Å²) >= 11 is 0. The predicted molar refractivity (Wildman–Crippen MR) is 123 cm³/mol. The SMILES string of the molecule is CC(OC(=O)c1ccc2nc(-c3ccco3)c(-c3ccco3)nc2c1)C(=O)Nc1ccncc1. The normalized spacial score (nSPS) is 11.8. The van der Waals surface area contributed by atoms with Crippen LogP contribution in [-0.2, 0) is 9.53 Å². The van der Waals surface area contributed by atoms with Gasteiger partial charge in [0, 0.05) is 18.1 Å². The second-order valence-electron chi connectivity index (χ2n) is 7.35. The summed E-state index contributed by atoms with van der Waals surface area (Å²) in [5.41, 5.74) is 2.81. The summed E-state index contributed by atoms with van der Waals surface area (Å²) in [5, 5.41) is 2.67. The lowest BCUT2D eigenvalue weighted by Gasteiger charge is -2.14. The fourth-order valence-corrected chi connectivity index (χ4v) is 3.31. The third-order valence-corrected chi connectivity index (χ3v) is 5.01. The number of pyridine rings is 1. The van der Waals surface area contributed by atoms with Gasteiger partial charge < -0.3 is 18.9 Å². The average Bonchev–Trinajstić information content (AvgIpc) is 3.58. The highest BCUT2D eigenvalue weighted by atomic mass is 16.5.